The Morgan fingerprint density at radius 1 is 1.33 bits per heavy atom. The molecule has 2 N–H and O–H groups in total. The molecule has 0 bridgehead atoms. The predicted molar refractivity (Wildman–Crippen MR) is 60.1 cm³/mol. The maximum Gasteiger partial charge on any atom is 0.231 e. The SMILES string of the molecule is NC1(Cc2ccc3c(c2Br)OCO3)CC1. The summed E-state index contributed by atoms with van der Waals surface area (Å²) < 4.78 is 11.7. The Morgan fingerprint density at radius 2 is 2.13 bits per heavy atom. The van der Waals surface area contributed by atoms with Gasteiger partial charge in [-0.2, -0.15) is 0 Å². The standard InChI is InChI=1S/C11H12BrNO2/c12-9-7(5-11(13)3-4-11)1-2-8-10(9)15-6-14-8/h1-2H,3-6,13H2. The zero-order valence-electron chi connectivity index (χ0n) is 8.25. The fraction of sp³-hybridized carbons (Fsp3) is 0.455. The van der Waals surface area contributed by atoms with Gasteiger partial charge in [-0.1, -0.05) is 6.07 Å². The quantitative estimate of drug-likeness (QED) is 0.896. The zero-order valence-corrected chi connectivity index (χ0v) is 9.84. The lowest BCUT2D eigenvalue weighted by Gasteiger charge is -2.11. The largest absolute Gasteiger partial charge is 0.454 e. The van der Waals surface area contributed by atoms with Crippen molar-refractivity contribution < 1.29 is 9.47 Å². The van der Waals surface area contributed by atoms with Gasteiger partial charge < -0.3 is 15.2 Å². The van der Waals surface area contributed by atoms with Crippen LogP contribution in [0.25, 0.3) is 0 Å². The van der Waals surface area contributed by atoms with E-state index in [9.17, 15) is 0 Å². The molecule has 1 aliphatic carbocycles. The summed E-state index contributed by atoms with van der Waals surface area (Å²) in [6, 6.07) is 4.01. The van der Waals surface area contributed by atoms with Gasteiger partial charge in [0, 0.05) is 5.54 Å². The van der Waals surface area contributed by atoms with Crippen molar-refractivity contribution in [3.63, 3.8) is 0 Å². The van der Waals surface area contributed by atoms with Crippen molar-refractivity contribution in [2.24, 2.45) is 5.73 Å². The number of hydrogen-bond donors (Lipinski definition) is 1. The van der Waals surface area contributed by atoms with Gasteiger partial charge in [-0.05, 0) is 46.8 Å². The topological polar surface area (TPSA) is 44.5 Å². The van der Waals surface area contributed by atoms with E-state index < -0.39 is 0 Å². The number of benzene rings is 1. The smallest absolute Gasteiger partial charge is 0.231 e. The second-order valence-corrected chi connectivity index (χ2v) is 5.10. The number of ether oxygens (including phenoxy) is 2. The van der Waals surface area contributed by atoms with Crippen LogP contribution in [0, 0.1) is 0 Å². The third-order valence-corrected chi connectivity index (χ3v) is 3.86. The summed E-state index contributed by atoms with van der Waals surface area (Å²) in [7, 11) is 0. The van der Waals surface area contributed by atoms with Gasteiger partial charge in [-0.15, -0.1) is 0 Å². The summed E-state index contributed by atoms with van der Waals surface area (Å²) in [6.45, 7) is 0.311. The van der Waals surface area contributed by atoms with Crippen LogP contribution >= 0.6 is 15.9 Å². The van der Waals surface area contributed by atoms with Crippen LogP contribution in [0.15, 0.2) is 16.6 Å². The highest BCUT2D eigenvalue weighted by atomic mass is 79.9. The van der Waals surface area contributed by atoms with E-state index in [0.29, 0.717) is 6.79 Å². The van der Waals surface area contributed by atoms with Crippen molar-refractivity contribution in [3.05, 3.63) is 22.2 Å². The maximum absolute atomic E-state index is 6.10. The van der Waals surface area contributed by atoms with Crippen LogP contribution in [0.3, 0.4) is 0 Å². The molecule has 2 aliphatic rings. The number of halogens is 1. The van der Waals surface area contributed by atoms with Crippen LogP contribution in [0.2, 0.25) is 0 Å². The van der Waals surface area contributed by atoms with Crippen molar-refractivity contribution >= 4 is 15.9 Å². The van der Waals surface area contributed by atoms with Crippen molar-refractivity contribution in [1.82, 2.24) is 0 Å². The van der Waals surface area contributed by atoms with Crippen LogP contribution in [0.4, 0.5) is 0 Å². The first kappa shape index (κ1) is 9.48. The molecule has 3 rings (SSSR count). The molecule has 0 radical (unpaired) electrons. The number of hydrogen-bond acceptors (Lipinski definition) is 3. The van der Waals surface area contributed by atoms with Crippen molar-refractivity contribution in [2.45, 2.75) is 24.8 Å². The van der Waals surface area contributed by atoms with Gasteiger partial charge in [0.25, 0.3) is 0 Å². The molecule has 4 heteroatoms. The summed E-state index contributed by atoms with van der Waals surface area (Å²) in [5.41, 5.74) is 7.33. The summed E-state index contributed by atoms with van der Waals surface area (Å²) in [5.74, 6) is 1.63. The Labute approximate surface area is 96.7 Å². The molecule has 0 spiro atoms. The van der Waals surface area contributed by atoms with Gasteiger partial charge in [-0.3, -0.25) is 0 Å². The zero-order chi connectivity index (χ0) is 10.5. The molecule has 0 unspecified atom stereocenters. The highest BCUT2D eigenvalue weighted by Gasteiger charge is 2.39. The monoisotopic (exact) mass is 269 g/mol. The van der Waals surface area contributed by atoms with Gasteiger partial charge in [0.15, 0.2) is 11.5 Å². The Balaban J connectivity index is 1.95. The van der Waals surface area contributed by atoms with Crippen molar-refractivity contribution in [3.8, 4) is 11.5 Å². The third kappa shape index (κ3) is 1.62. The maximum atomic E-state index is 6.10. The van der Waals surface area contributed by atoms with E-state index in [1.54, 1.807) is 0 Å². The van der Waals surface area contributed by atoms with Gasteiger partial charge >= 0.3 is 0 Å². The first-order valence-corrected chi connectivity index (χ1v) is 5.83. The highest BCUT2D eigenvalue weighted by Crippen LogP contribution is 2.44. The molecule has 1 fully saturated rings. The van der Waals surface area contributed by atoms with Crippen molar-refractivity contribution in [2.75, 3.05) is 6.79 Å². The van der Waals surface area contributed by atoms with E-state index in [2.05, 4.69) is 22.0 Å². The summed E-state index contributed by atoms with van der Waals surface area (Å²) in [5, 5.41) is 0. The minimum atomic E-state index is 0.0240. The molecule has 1 saturated carbocycles. The lowest BCUT2D eigenvalue weighted by atomic mass is 10.0. The van der Waals surface area contributed by atoms with E-state index in [0.717, 1.165) is 35.2 Å². The highest BCUT2D eigenvalue weighted by molar-refractivity contribution is 9.10. The second kappa shape index (κ2) is 3.12. The van der Waals surface area contributed by atoms with Crippen LogP contribution in [0.5, 0.6) is 11.5 Å². The number of nitrogens with two attached hydrogens (primary N) is 1. The molecule has 1 heterocycles. The Bertz CT molecular complexity index is 415. The lowest BCUT2D eigenvalue weighted by Crippen LogP contribution is -2.24. The van der Waals surface area contributed by atoms with Crippen molar-refractivity contribution in [1.29, 1.82) is 0 Å². The molecule has 1 aromatic rings. The normalized spacial score (nSPS) is 20.4. The Hall–Kier alpha value is -0.740. The number of fused-ring (bicyclic) bond motifs is 1. The average molecular weight is 270 g/mol. The molecule has 0 amide bonds. The fourth-order valence-corrected chi connectivity index (χ4v) is 2.41. The third-order valence-electron chi connectivity index (χ3n) is 2.99. The molecular weight excluding hydrogens is 258 g/mol. The molecule has 15 heavy (non-hydrogen) atoms. The van der Waals surface area contributed by atoms with Crippen LogP contribution in [-0.4, -0.2) is 12.3 Å². The van der Waals surface area contributed by atoms with Crippen LogP contribution in [0.1, 0.15) is 18.4 Å². The summed E-state index contributed by atoms with van der Waals surface area (Å²) in [6.07, 6.45) is 3.14. The van der Waals surface area contributed by atoms with Gasteiger partial charge in [0.05, 0.1) is 4.47 Å². The minimum absolute atomic E-state index is 0.0240. The second-order valence-electron chi connectivity index (χ2n) is 4.31. The Morgan fingerprint density at radius 3 is 2.87 bits per heavy atom. The molecule has 3 nitrogen and oxygen atoms in total. The first-order valence-electron chi connectivity index (χ1n) is 5.04. The minimum Gasteiger partial charge on any atom is -0.454 e. The molecular formula is C11H12BrNO2. The lowest BCUT2D eigenvalue weighted by molar-refractivity contribution is 0.173. The van der Waals surface area contributed by atoms with E-state index in [1.807, 2.05) is 6.07 Å². The molecule has 1 aliphatic heterocycles. The fourth-order valence-electron chi connectivity index (χ4n) is 1.83. The number of rotatable bonds is 2. The molecule has 0 aromatic heterocycles. The van der Waals surface area contributed by atoms with Gasteiger partial charge in [0.2, 0.25) is 6.79 Å². The van der Waals surface area contributed by atoms with Gasteiger partial charge in [-0.25, -0.2) is 0 Å². The average Bonchev–Trinajstić information content (AvgIpc) is 2.78. The molecule has 0 atom stereocenters. The molecule has 0 saturated heterocycles. The van der Waals surface area contributed by atoms with E-state index in [-0.39, 0.29) is 5.54 Å². The summed E-state index contributed by atoms with van der Waals surface area (Å²) >= 11 is 3.55. The van der Waals surface area contributed by atoms with Crippen LogP contribution < -0.4 is 15.2 Å². The van der Waals surface area contributed by atoms with E-state index in [4.69, 9.17) is 15.2 Å². The van der Waals surface area contributed by atoms with E-state index >= 15 is 0 Å². The van der Waals surface area contributed by atoms with E-state index in [1.165, 1.54) is 5.56 Å². The molecule has 1 aromatic carbocycles. The predicted octanol–water partition coefficient (Wildman–Crippen LogP) is 2.21. The first-order chi connectivity index (χ1) is 7.18. The van der Waals surface area contributed by atoms with Gasteiger partial charge in [0.1, 0.15) is 0 Å². The summed E-state index contributed by atoms with van der Waals surface area (Å²) in [4.78, 5) is 0. The Kier molecular flexibility index (Phi) is 1.97. The van der Waals surface area contributed by atoms with Crippen LogP contribution in [-0.2, 0) is 6.42 Å². The molecule has 80 valence electrons.